The number of rotatable bonds is 24. The minimum absolute atomic E-state index is 0.0149. The molecule has 1 N–H and O–H groups in total. The van der Waals surface area contributed by atoms with Crippen molar-refractivity contribution in [2.24, 2.45) is 59.2 Å². The normalized spacial score (nSPS) is 39.6. The van der Waals surface area contributed by atoms with Gasteiger partial charge in [0.15, 0.2) is 25.2 Å². The molecule has 4 heterocycles. The molecule has 0 saturated carbocycles. The molecule has 5 rings (SSSR count). The lowest BCUT2D eigenvalue weighted by Crippen LogP contribution is -2.56. The van der Waals surface area contributed by atoms with Gasteiger partial charge in [0, 0.05) is 35.5 Å². The van der Waals surface area contributed by atoms with Crippen molar-refractivity contribution in [3.63, 3.8) is 0 Å². The van der Waals surface area contributed by atoms with Gasteiger partial charge in [-0.1, -0.05) is 167 Å². The number of carbonyl (C=O) groups excluding carboxylic acids is 1. The number of ether oxygens (including phenoxy) is 8. The summed E-state index contributed by atoms with van der Waals surface area (Å²) >= 11 is 0. The van der Waals surface area contributed by atoms with Crippen LogP contribution in [0.25, 0.3) is 0 Å². The molecule has 68 heavy (non-hydrogen) atoms. The molecule has 20 atom stereocenters. The van der Waals surface area contributed by atoms with Gasteiger partial charge >= 0.3 is 0 Å². The first-order chi connectivity index (χ1) is 32.5. The zero-order valence-electron chi connectivity index (χ0n) is 45.9. The van der Waals surface area contributed by atoms with Crippen molar-refractivity contribution in [3.8, 4) is 0 Å². The van der Waals surface area contributed by atoms with Gasteiger partial charge in [-0.25, -0.2) is 0 Å². The van der Waals surface area contributed by atoms with Crippen LogP contribution in [0.3, 0.4) is 0 Å². The predicted octanol–water partition coefficient (Wildman–Crippen LogP) is 12.9. The number of nitrogens with one attached hydrogen (secondary N) is 1. The van der Waals surface area contributed by atoms with Gasteiger partial charge < -0.3 is 43.2 Å². The van der Waals surface area contributed by atoms with E-state index in [1.807, 2.05) is 0 Å². The zero-order valence-corrected chi connectivity index (χ0v) is 45.9. The van der Waals surface area contributed by atoms with E-state index in [1.165, 1.54) is 5.56 Å². The monoisotopic (exact) mass is 956 g/mol. The molecule has 10 heteroatoms. The van der Waals surface area contributed by atoms with Crippen molar-refractivity contribution in [2.45, 2.75) is 255 Å². The Kier molecular flexibility index (Phi) is 22.6. The average molecular weight is 956 g/mol. The summed E-state index contributed by atoms with van der Waals surface area (Å²) in [6.07, 6.45) is 8.37. The van der Waals surface area contributed by atoms with Gasteiger partial charge in [-0.05, 0) is 79.6 Å². The van der Waals surface area contributed by atoms with Gasteiger partial charge in [0.25, 0.3) is 0 Å². The fourth-order valence-corrected chi connectivity index (χ4v) is 12.2. The number of hydrogen-bond acceptors (Lipinski definition) is 9. The Balaban J connectivity index is 1.33. The molecule has 1 aromatic carbocycles. The predicted molar refractivity (Wildman–Crippen MR) is 273 cm³/mol. The number of unbranched alkanes of at least 4 members (excludes halogenated alkanes) is 2. The Morgan fingerprint density at radius 2 is 0.897 bits per heavy atom. The van der Waals surface area contributed by atoms with Gasteiger partial charge in [-0.2, -0.15) is 0 Å². The van der Waals surface area contributed by atoms with Crippen LogP contribution >= 0.6 is 0 Å². The molecule has 0 bridgehead atoms. The summed E-state index contributed by atoms with van der Waals surface area (Å²) in [6.45, 7) is 36.4. The van der Waals surface area contributed by atoms with Crippen LogP contribution in [-0.2, 0) is 48.1 Å². The third kappa shape index (κ3) is 13.7. The Bertz CT molecular complexity index is 1510. The summed E-state index contributed by atoms with van der Waals surface area (Å²) in [7, 11) is 0. The van der Waals surface area contributed by atoms with Crippen molar-refractivity contribution >= 4 is 5.91 Å². The second-order valence-corrected chi connectivity index (χ2v) is 22.6. The lowest BCUT2D eigenvalue weighted by atomic mass is 9.70. The SMILES string of the molecule is CCCCC(CCCC)(CC(=O)NC(CO[C@H]1OC(CC)[C@@H](O[C@H]2OC(CC)[C@@H](C)C(C)[C@@H]2C)C(C)[C@@H]1C)CO[C@H]1OC(CC)[C@@H](O[C@H]2OC(CC)[C@@H](C)C(C)[C@@H]2C)C(C)[C@@H]1C)c1ccccc1. The maximum absolute atomic E-state index is 14.7. The first-order valence-electron chi connectivity index (χ1n) is 28.0. The summed E-state index contributed by atoms with van der Waals surface area (Å²) in [4.78, 5) is 14.7. The number of hydrogen-bond donors (Lipinski definition) is 1. The number of carbonyl (C=O) groups is 1. The Morgan fingerprint density at radius 3 is 1.28 bits per heavy atom. The summed E-state index contributed by atoms with van der Waals surface area (Å²) < 4.78 is 54.5. The highest BCUT2D eigenvalue weighted by atomic mass is 16.7. The van der Waals surface area contributed by atoms with Crippen LogP contribution < -0.4 is 5.32 Å². The molecule has 0 aliphatic carbocycles. The van der Waals surface area contributed by atoms with Crippen LogP contribution in [-0.4, -0.2) is 86.9 Å². The molecule has 392 valence electrons. The topological polar surface area (TPSA) is 103 Å². The van der Waals surface area contributed by atoms with Crippen LogP contribution in [0.1, 0.15) is 187 Å². The van der Waals surface area contributed by atoms with Gasteiger partial charge in [-0.3, -0.25) is 4.79 Å². The van der Waals surface area contributed by atoms with Gasteiger partial charge in [0.2, 0.25) is 5.91 Å². The zero-order chi connectivity index (χ0) is 49.9. The molecule has 1 aromatic rings. The van der Waals surface area contributed by atoms with Crippen LogP contribution in [0.5, 0.6) is 0 Å². The molecule has 0 spiro atoms. The van der Waals surface area contributed by atoms with Crippen LogP contribution in [0.2, 0.25) is 0 Å². The van der Waals surface area contributed by atoms with Crippen molar-refractivity contribution in [1.29, 1.82) is 0 Å². The number of benzene rings is 1. The minimum atomic E-state index is -0.478. The standard InChI is InChI=1S/C58H101NO9/c1-17-23-30-58(31-24-18-2,45-28-26-25-27-29-45)32-51(60)59-46(33-61-54-43(15)39(11)52(49(21-5)65-54)67-56-41(13)35(7)37(9)47(19-3)63-56)34-62-55-44(16)40(12)53(50(22-6)66-55)68-57-42(14)36(8)38(10)48(20-4)64-57/h25-29,35-44,46-50,52-57H,17-24,30-34H2,1-16H3,(H,59,60)/t35?,36?,37-,38-,39?,40?,41-,42-,43-,44-,46?,47?,48?,49?,50?,52-,53-,54-,55-,56+,57+/m0/s1. The second-order valence-electron chi connectivity index (χ2n) is 22.6. The maximum Gasteiger partial charge on any atom is 0.221 e. The largest absolute Gasteiger partial charge is 0.350 e. The maximum atomic E-state index is 14.7. The Hall–Kier alpha value is -1.63. The van der Waals surface area contributed by atoms with Crippen molar-refractivity contribution < 1.29 is 42.7 Å². The minimum Gasteiger partial charge on any atom is -0.350 e. The Morgan fingerprint density at radius 1 is 0.515 bits per heavy atom. The highest BCUT2D eigenvalue weighted by Crippen LogP contribution is 2.44. The van der Waals surface area contributed by atoms with E-state index >= 15 is 0 Å². The van der Waals surface area contributed by atoms with E-state index < -0.39 is 18.6 Å². The fourth-order valence-electron chi connectivity index (χ4n) is 12.2. The summed E-state index contributed by atoms with van der Waals surface area (Å²) in [5.74, 6) is 2.88. The van der Waals surface area contributed by atoms with Crippen LogP contribution in [0, 0.1) is 59.2 Å². The van der Waals surface area contributed by atoms with Crippen molar-refractivity contribution in [2.75, 3.05) is 13.2 Å². The van der Waals surface area contributed by atoms with Gasteiger partial charge in [-0.15, -0.1) is 0 Å². The van der Waals surface area contributed by atoms with E-state index in [1.54, 1.807) is 0 Å². The van der Waals surface area contributed by atoms with Crippen molar-refractivity contribution in [1.82, 2.24) is 5.32 Å². The van der Waals surface area contributed by atoms with E-state index in [9.17, 15) is 4.79 Å². The second kappa shape index (κ2) is 26.9. The first-order valence-corrected chi connectivity index (χ1v) is 28.0. The molecule has 8 unspecified atom stereocenters. The lowest BCUT2D eigenvalue weighted by molar-refractivity contribution is -0.327. The van der Waals surface area contributed by atoms with Crippen molar-refractivity contribution in [3.05, 3.63) is 35.9 Å². The third-order valence-electron chi connectivity index (χ3n) is 18.3. The van der Waals surface area contributed by atoms with Crippen LogP contribution in [0.15, 0.2) is 30.3 Å². The molecule has 1 amide bonds. The highest BCUT2D eigenvalue weighted by molar-refractivity contribution is 5.78. The molecule has 0 aromatic heterocycles. The molecule has 4 aliphatic rings. The molecular formula is C58H101NO9. The molecule has 10 nitrogen and oxygen atoms in total. The molecule has 4 saturated heterocycles. The number of amides is 1. The molecule has 0 radical (unpaired) electrons. The first kappa shape index (κ1) is 57.3. The third-order valence-corrected chi connectivity index (χ3v) is 18.3. The smallest absolute Gasteiger partial charge is 0.221 e. The average Bonchev–Trinajstić information content (AvgIpc) is 3.34. The summed E-state index contributed by atoms with van der Waals surface area (Å²) in [5, 5.41) is 3.46. The van der Waals surface area contributed by atoms with E-state index in [4.69, 9.17) is 37.9 Å². The van der Waals surface area contributed by atoms with E-state index in [2.05, 4.69) is 146 Å². The summed E-state index contributed by atoms with van der Waals surface area (Å²) in [5.41, 5.74) is 0.981. The van der Waals surface area contributed by atoms with E-state index in [0.717, 1.165) is 64.2 Å². The quantitative estimate of drug-likeness (QED) is 0.108. The molecular weight excluding hydrogens is 855 g/mol. The molecule has 4 aliphatic heterocycles. The Labute approximate surface area is 415 Å². The van der Waals surface area contributed by atoms with Gasteiger partial charge in [0.05, 0.1) is 55.9 Å². The molecule has 4 fully saturated rings. The highest BCUT2D eigenvalue weighted by Gasteiger charge is 2.49. The van der Waals surface area contributed by atoms with E-state index in [-0.39, 0.29) is 109 Å². The van der Waals surface area contributed by atoms with Crippen LogP contribution in [0.4, 0.5) is 0 Å². The lowest BCUT2D eigenvalue weighted by Gasteiger charge is -2.49. The van der Waals surface area contributed by atoms with Gasteiger partial charge in [0.1, 0.15) is 0 Å². The summed E-state index contributed by atoms with van der Waals surface area (Å²) in [6, 6.07) is 10.3. The fraction of sp³-hybridized carbons (Fsp3) is 0.879. The van der Waals surface area contributed by atoms with E-state index in [0.29, 0.717) is 30.1 Å².